The van der Waals surface area contributed by atoms with E-state index in [0.717, 1.165) is 15.6 Å². The van der Waals surface area contributed by atoms with Gasteiger partial charge in [-0.15, -0.1) is 0 Å². The molecule has 0 heterocycles. The summed E-state index contributed by atoms with van der Waals surface area (Å²) >= 11 is 8.95. The Morgan fingerprint density at radius 2 is 2.27 bits per heavy atom. The van der Waals surface area contributed by atoms with Crippen LogP contribution in [0.2, 0.25) is 0 Å². The number of hydrogen-bond acceptors (Lipinski definition) is 0. The highest BCUT2D eigenvalue weighted by atomic mass is 79.9. The van der Waals surface area contributed by atoms with Crippen LogP contribution in [0.3, 0.4) is 0 Å². The molecule has 0 fully saturated rings. The Kier molecular flexibility index (Phi) is 3.16. The predicted octanol–water partition coefficient (Wildman–Crippen LogP) is 4.05. The molecule has 0 radical (unpaired) electrons. The van der Waals surface area contributed by atoms with Crippen molar-refractivity contribution in [2.75, 3.05) is 0 Å². The maximum Gasteiger partial charge on any atom is 0.0181 e. The standard InChI is InChI=1S/C9H8BrCl/c1-7(6-11)8-3-2-4-9(10)5-8/h2-6H,1H3/b7-6-. The molecule has 0 saturated heterocycles. The molecule has 0 N–H and O–H groups in total. The molecule has 0 unspecified atom stereocenters. The van der Waals surface area contributed by atoms with Crippen molar-refractivity contribution in [3.05, 3.63) is 39.8 Å². The zero-order valence-electron chi connectivity index (χ0n) is 6.14. The molecule has 2 heteroatoms. The Morgan fingerprint density at radius 1 is 1.55 bits per heavy atom. The summed E-state index contributed by atoms with van der Waals surface area (Å²) in [6.07, 6.45) is 0. The van der Waals surface area contributed by atoms with E-state index in [1.807, 2.05) is 31.2 Å². The van der Waals surface area contributed by atoms with Gasteiger partial charge in [0.2, 0.25) is 0 Å². The number of halogens is 2. The predicted molar refractivity (Wildman–Crippen MR) is 53.6 cm³/mol. The summed E-state index contributed by atoms with van der Waals surface area (Å²) in [5, 5.41) is 0. The zero-order chi connectivity index (χ0) is 8.27. The van der Waals surface area contributed by atoms with E-state index in [1.165, 1.54) is 0 Å². The molecule has 58 valence electrons. The molecule has 0 saturated carbocycles. The van der Waals surface area contributed by atoms with Crippen molar-refractivity contribution in [2.24, 2.45) is 0 Å². The van der Waals surface area contributed by atoms with Crippen molar-refractivity contribution >= 4 is 33.1 Å². The molecule has 1 aromatic carbocycles. The first-order chi connectivity index (χ1) is 5.24. The van der Waals surface area contributed by atoms with Gasteiger partial charge in [-0.1, -0.05) is 39.7 Å². The summed E-state index contributed by atoms with van der Waals surface area (Å²) in [6, 6.07) is 8.04. The van der Waals surface area contributed by atoms with Gasteiger partial charge in [-0.05, 0) is 30.2 Å². The highest BCUT2D eigenvalue weighted by Gasteiger charge is 1.93. The van der Waals surface area contributed by atoms with Gasteiger partial charge >= 0.3 is 0 Å². The summed E-state index contributed by atoms with van der Waals surface area (Å²) in [4.78, 5) is 0. The molecule has 0 aliphatic rings. The Balaban J connectivity index is 3.06. The molecule has 0 nitrogen and oxygen atoms in total. The molecule has 0 aromatic heterocycles. The van der Waals surface area contributed by atoms with Crippen molar-refractivity contribution in [3.63, 3.8) is 0 Å². The van der Waals surface area contributed by atoms with Gasteiger partial charge in [0.25, 0.3) is 0 Å². The second-order valence-electron chi connectivity index (χ2n) is 2.30. The third-order valence-electron chi connectivity index (χ3n) is 1.44. The highest BCUT2D eigenvalue weighted by molar-refractivity contribution is 9.10. The van der Waals surface area contributed by atoms with Crippen LogP contribution in [0.1, 0.15) is 12.5 Å². The molecule has 0 spiro atoms. The van der Waals surface area contributed by atoms with Gasteiger partial charge in [-0.25, -0.2) is 0 Å². The summed E-state index contributed by atoms with van der Waals surface area (Å²) in [5.41, 5.74) is 3.81. The first-order valence-corrected chi connectivity index (χ1v) is 4.50. The quantitative estimate of drug-likeness (QED) is 0.684. The van der Waals surface area contributed by atoms with Gasteiger partial charge in [-0.2, -0.15) is 0 Å². The minimum atomic E-state index is 1.08. The third-order valence-corrected chi connectivity index (χ3v) is 2.26. The first-order valence-electron chi connectivity index (χ1n) is 3.27. The molecule has 0 aliphatic carbocycles. The lowest BCUT2D eigenvalue weighted by molar-refractivity contribution is 1.55. The molecule has 11 heavy (non-hydrogen) atoms. The average molecular weight is 232 g/mol. The number of rotatable bonds is 1. The Labute approximate surface area is 80.0 Å². The van der Waals surface area contributed by atoms with Crippen LogP contribution in [-0.2, 0) is 0 Å². The largest absolute Gasteiger partial charge is 0.0926 e. The monoisotopic (exact) mass is 230 g/mol. The van der Waals surface area contributed by atoms with E-state index in [0.29, 0.717) is 0 Å². The molecular weight excluding hydrogens is 223 g/mol. The normalized spacial score (nSPS) is 11.7. The minimum Gasteiger partial charge on any atom is -0.0926 e. The maximum absolute atomic E-state index is 5.56. The van der Waals surface area contributed by atoms with Crippen LogP contribution in [0.15, 0.2) is 34.3 Å². The SMILES string of the molecule is C/C(=C/Cl)c1cccc(Br)c1. The van der Waals surface area contributed by atoms with E-state index in [9.17, 15) is 0 Å². The van der Waals surface area contributed by atoms with Gasteiger partial charge in [0, 0.05) is 10.0 Å². The van der Waals surface area contributed by atoms with Crippen LogP contribution in [0.4, 0.5) is 0 Å². The van der Waals surface area contributed by atoms with Crippen molar-refractivity contribution in [1.82, 2.24) is 0 Å². The fourth-order valence-corrected chi connectivity index (χ4v) is 1.32. The first kappa shape index (κ1) is 8.82. The third kappa shape index (κ3) is 2.35. The van der Waals surface area contributed by atoms with Crippen LogP contribution < -0.4 is 0 Å². The number of allylic oxidation sites excluding steroid dienone is 1. The molecule has 0 atom stereocenters. The molecule has 0 bridgehead atoms. The Bertz CT molecular complexity index is 279. The molecule has 0 amide bonds. The molecule has 0 aliphatic heterocycles. The topological polar surface area (TPSA) is 0 Å². The Hall–Kier alpha value is -0.270. The maximum atomic E-state index is 5.56. The van der Waals surface area contributed by atoms with Gasteiger partial charge in [0.05, 0.1) is 0 Å². The van der Waals surface area contributed by atoms with Crippen LogP contribution in [-0.4, -0.2) is 0 Å². The smallest absolute Gasteiger partial charge is 0.0181 e. The van der Waals surface area contributed by atoms with Crippen molar-refractivity contribution in [3.8, 4) is 0 Å². The van der Waals surface area contributed by atoms with Gasteiger partial charge in [0.15, 0.2) is 0 Å². The lowest BCUT2D eigenvalue weighted by atomic mass is 10.1. The zero-order valence-corrected chi connectivity index (χ0v) is 8.48. The molecule has 1 aromatic rings. The van der Waals surface area contributed by atoms with E-state index in [-0.39, 0.29) is 0 Å². The second-order valence-corrected chi connectivity index (χ2v) is 3.44. The number of benzene rings is 1. The lowest BCUT2D eigenvalue weighted by Gasteiger charge is -1.99. The van der Waals surface area contributed by atoms with Gasteiger partial charge < -0.3 is 0 Å². The Morgan fingerprint density at radius 3 is 2.82 bits per heavy atom. The fraction of sp³-hybridized carbons (Fsp3) is 0.111. The molecular formula is C9H8BrCl. The van der Waals surface area contributed by atoms with Gasteiger partial charge in [-0.3, -0.25) is 0 Å². The van der Waals surface area contributed by atoms with Gasteiger partial charge in [0.1, 0.15) is 0 Å². The summed E-state index contributed by atoms with van der Waals surface area (Å²) in [5.74, 6) is 0. The lowest BCUT2D eigenvalue weighted by Crippen LogP contribution is -1.76. The summed E-state index contributed by atoms with van der Waals surface area (Å²) in [7, 11) is 0. The average Bonchev–Trinajstić information content (AvgIpc) is 2.03. The van der Waals surface area contributed by atoms with Crippen LogP contribution in [0, 0.1) is 0 Å². The van der Waals surface area contributed by atoms with E-state index in [1.54, 1.807) is 5.54 Å². The van der Waals surface area contributed by atoms with E-state index in [2.05, 4.69) is 15.9 Å². The van der Waals surface area contributed by atoms with E-state index in [4.69, 9.17) is 11.6 Å². The summed E-state index contributed by atoms with van der Waals surface area (Å²) < 4.78 is 1.08. The molecule has 1 rings (SSSR count). The highest BCUT2D eigenvalue weighted by Crippen LogP contribution is 2.18. The van der Waals surface area contributed by atoms with Crippen LogP contribution in [0.25, 0.3) is 5.57 Å². The van der Waals surface area contributed by atoms with Crippen LogP contribution >= 0.6 is 27.5 Å². The summed E-state index contributed by atoms with van der Waals surface area (Å²) in [6.45, 7) is 1.98. The van der Waals surface area contributed by atoms with Crippen molar-refractivity contribution in [1.29, 1.82) is 0 Å². The fourth-order valence-electron chi connectivity index (χ4n) is 0.797. The van der Waals surface area contributed by atoms with Crippen LogP contribution in [0.5, 0.6) is 0 Å². The van der Waals surface area contributed by atoms with E-state index < -0.39 is 0 Å². The minimum absolute atomic E-state index is 1.08. The van der Waals surface area contributed by atoms with Crippen molar-refractivity contribution < 1.29 is 0 Å². The number of hydrogen-bond donors (Lipinski definition) is 0. The van der Waals surface area contributed by atoms with Crippen molar-refractivity contribution in [2.45, 2.75) is 6.92 Å². The second kappa shape index (κ2) is 3.93. The van der Waals surface area contributed by atoms with E-state index >= 15 is 0 Å².